The lowest BCUT2D eigenvalue weighted by Gasteiger charge is -2.29. The van der Waals surface area contributed by atoms with E-state index < -0.39 is 31.3 Å². The zero-order valence-electron chi connectivity index (χ0n) is 13.0. The number of nitro groups is 1. The highest BCUT2D eigenvalue weighted by Gasteiger charge is 2.35. The summed E-state index contributed by atoms with van der Waals surface area (Å²) in [6.07, 6.45) is 3.39. The largest absolute Gasteiger partial charge is 0.311 e. The first-order chi connectivity index (χ1) is 10.8. The standard InChI is InChI=1S/C14H18FN3O4S.ClH/c1-8-13(15)6-12(7-14(8)18(19)20)23(21,22)17-11-4-9-2-3-10(5-11)16-9;/h6-7,9-11,16-17H,2-5H2,1H3;1H. The maximum atomic E-state index is 13.8. The van der Waals surface area contributed by atoms with Crippen molar-refractivity contribution in [2.75, 3.05) is 0 Å². The third-order valence-corrected chi connectivity index (χ3v) is 6.09. The van der Waals surface area contributed by atoms with Crippen LogP contribution in [0.3, 0.4) is 0 Å². The Hall–Kier alpha value is -1.29. The molecule has 2 fully saturated rings. The van der Waals surface area contributed by atoms with Crippen LogP contribution in [-0.4, -0.2) is 31.5 Å². The minimum atomic E-state index is -4.00. The summed E-state index contributed by atoms with van der Waals surface area (Å²) in [5.74, 6) is -0.898. The number of rotatable bonds is 4. The van der Waals surface area contributed by atoms with Crippen LogP contribution in [-0.2, 0) is 10.0 Å². The van der Waals surface area contributed by atoms with E-state index in [1.165, 1.54) is 6.92 Å². The molecule has 0 spiro atoms. The number of hydrogen-bond acceptors (Lipinski definition) is 5. The summed E-state index contributed by atoms with van der Waals surface area (Å²) in [5, 5.41) is 14.4. The quantitative estimate of drug-likeness (QED) is 0.615. The molecule has 1 aromatic carbocycles. The van der Waals surface area contributed by atoms with Crippen molar-refractivity contribution in [3.05, 3.63) is 33.6 Å². The van der Waals surface area contributed by atoms with Gasteiger partial charge in [-0.3, -0.25) is 10.1 Å². The average molecular weight is 380 g/mol. The van der Waals surface area contributed by atoms with E-state index in [2.05, 4.69) is 10.0 Å². The Bertz CT molecular complexity index is 747. The minimum absolute atomic E-state index is 0. The first-order valence-electron chi connectivity index (χ1n) is 7.49. The number of benzene rings is 1. The highest BCUT2D eigenvalue weighted by atomic mass is 35.5. The number of nitrogens with one attached hydrogen (secondary N) is 2. The van der Waals surface area contributed by atoms with E-state index in [-0.39, 0.29) is 24.0 Å². The zero-order chi connectivity index (χ0) is 16.8. The fraction of sp³-hybridized carbons (Fsp3) is 0.571. The molecule has 2 bridgehead atoms. The lowest BCUT2D eigenvalue weighted by molar-refractivity contribution is -0.385. The van der Waals surface area contributed by atoms with Crippen LogP contribution in [0.1, 0.15) is 31.2 Å². The Morgan fingerprint density at radius 3 is 2.42 bits per heavy atom. The predicted molar refractivity (Wildman–Crippen MR) is 88.3 cm³/mol. The van der Waals surface area contributed by atoms with Gasteiger partial charge in [0.2, 0.25) is 10.0 Å². The van der Waals surface area contributed by atoms with E-state index in [9.17, 15) is 22.9 Å². The number of nitro benzene ring substituents is 1. The van der Waals surface area contributed by atoms with E-state index in [0.29, 0.717) is 24.9 Å². The molecule has 2 N–H and O–H groups in total. The summed E-state index contributed by atoms with van der Waals surface area (Å²) in [5.41, 5.74) is -0.704. The van der Waals surface area contributed by atoms with Crippen LogP contribution in [0.2, 0.25) is 0 Å². The third kappa shape index (κ3) is 3.69. The normalized spacial score (nSPS) is 26.0. The van der Waals surface area contributed by atoms with Gasteiger partial charge in [-0.15, -0.1) is 12.4 Å². The second kappa shape index (κ2) is 6.91. The Morgan fingerprint density at radius 1 is 1.29 bits per heavy atom. The monoisotopic (exact) mass is 379 g/mol. The molecule has 2 aliphatic heterocycles. The molecule has 0 amide bonds. The van der Waals surface area contributed by atoms with Gasteiger partial charge in [-0.25, -0.2) is 17.5 Å². The highest BCUT2D eigenvalue weighted by molar-refractivity contribution is 7.89. The molecule has 24 heavy (non-hydrogen) atoms. The molecule has 134 valence electrons. The van der Waals surface area contributed by atoms with Gasteiger partial charge in [0.25, 0.3) is 5.69 Å². The van der Waals surface area contributed by atoms with Crippen molar-refractivity contribution in [2.45, 2.75) is 55.6 Å². The third-order valence-electron chi connectivity index (χ3n) is 4.59. The molecule has 0 radical (unpaired) electrons. The van der Waals surface area contributed by atoms with Gasteiger partial charge < -0.3 is 5.32 Å². The average Bonchev–Trinajstić information content (AvgIpc) is 2.79. The SMILES string of the molecule is Cc1c(F)cc(S(=O)(=O)NC2CC3CCC(C2)N3)cc1[N+](=O)[O-].Cl. The van der Waals surface area contributed by atoms with Crippen molar-refractivity contribution in [3.63, 3.8) is 0 Å². The molecule has 0 aliphatic carbocycles. The van der Waals surface area contributed by atoms with Crippen molar-refractivity contribution >= 4 is 28.1 Å². The summed E-state index contributed by atoms with van der Waals surface area (Å²) in [4.78, 5) is 9.77. The van der Waals surface area contributed by atoms with Crippen LogP contribution in [0.15, 0.2) is 17.0 Å². The van der Waals surface area contributed by atoms with Gasteiger partial charge in [-0.2, -0.15) is 0 Å². The van der Waals surface area contributed by atoms with Gasteiger partial charge in [0.05, 0.1) is 15.4 Å². The van der Waals surface area contributed by atoms with E-state index in [4.69, 9.17) is 0 Å². The lowest BCUT2D eigenvalue weighted by atomic mass is 10.0. The van der Waals surface area contributed by atoms with Crippen molar-refractivity contribution < 1.29 is 17.7 Å². The number of piperidine rings is 1. The molecule has 0 saturated carbocycles. The van der Waals surface area contributed by atoms with Crippen LogP contribution in [0.4, 0.5) is 10.1 Å². The van der Waals surface area contributed by atoms with Crippen molar-refractivity contribution in [1.29, 1.82) is 0 Å². The molecular weight excluding hydrogens is 361 g/mol. The van der Waals surface area contributed by atoms with Crippen LogP contribution in [0, 0.1) is 22.9 Å². The summed E-state index contributed by atoms with van der Waals surface area (Å²) in [6, 6.07) is 2.11. The Morgan fingerprint density at radius 2 is 1.88 bits per heavy atom. The first kappa shape index (κ1) is 19.0. The molecule has 2 unspecified atom stereocenters. The highest BCUT2D eigenvalue weighted by Crippen LogP contribution is 2.29. The predicted octanol–water partition coefficient (Wildman–Crippen LogP) is 2.03. The fourth-order valence-electron chi connectivity index (χ4n) is 3.43. The second-order valence-electron chi connectivity index (χ2n) is 6.23. The zero-order valence-corrected chi connectivity index (χ0v) is 14.6. The van der Waals surface area contributed by atoms with Crippen molar-refractivity contribution in [3.8, 4) is 0 Å². The topological polar surface area (TPSA) is 101 Å². The Balaban J connectivity index is 0.00000208. The van der Waals surface area contributed by atoms with Gasteiger partial charge in [-0.05, 0) is 38.7 Å². The summed E-state index contributed by atoms with van der Waals surface area (Å²) < 4.78 is 41.3. The number of sulfonamides is 1. The minimum Gasteiger partial charge on any atom is -0.311 e. The van der Waals surface area contributed by atoms with Gasteiger partial charge in [-0.1, -0.05) is 0 Å². The molecule has 7 nitrogen and oxygen atoms in total. The maximum Gasteiger partial charge on any atom is 0.276 e. The van der Waals surface area contributed by atoms with E-state index in [0.717, 1.165) is 25.0 Å². The van der Waals surface area contributed by atoms with Crippen molar-refractivity contribution in [1.82, 2.24) is 10.0 Å². The van der Waals surface area contributed by atoms with E-state index in [1.807, 2.05) is 0 Å². The van der Waals surface area contributed by atoms with Crippen molar-refractivity contribution in [2.24, 2.45) is 0 Å². The number of nitrogens with zero attached hydrogens (tertiary/aromatic N) is 1. The molecule has 2 atom stereocenters. The molecule has 2 aliphatic rings. The van der Waals surface area contributed by atoms with Crippen LogP contribution in [0.25, 0.3) is 0 Å². The molecule has 2 saturated heterocycles. The van der Waals surface area contributed by atoms with Crippen LogP contribution < -0.4 is 10.0 Å². The molecular formula is C14H19ClFN3O4S. The van der Waals surface area contributed by atoms with Gasteiger partial charge in [0.1, 0.15) is 5.82 Å². The lowest BCUT2D eigenvalue weighted by Crippen LogP contribution is -2.47. The molecule has 0 aromatic heterocycles. The van der Waals surface area contributed by atoms with Crippen LogP contribution in [0.5, 0.6) is 0 Å². The Labute approximate surface area is 145 Å². The van der Waals surface area contributed by atoms with Crippen LogP contribution >= 0.6 is 12.4 Å². The van der Waals surface area contributed by atoms with E-state index >= 15 is 0 Å². The smallest absolute Gasteiger partial charge is 0.276 e. The van der Waals surface area contributed by atoms with E-state index in [1.54, 1.807) is 0 Å². The molecule has 10 heteroatoms. The summed E-state index contributed by atoms with van der Waals surface area (Å²) in [7, 11) is -4.00. The van der Waals surface area contributed by atoms with Gasteiger partial charge >= 0.3 is 0 Å². The number of halogens is 2. The number of fused-ring (bicyclic) bond motifs is 2. The fourth-order valence-corrected chi connectivity index (χ4v) is 4.72. The second-order valence-corrected chi connectivity index (χ2v) is 7.95. The Kier molecular flexibility index (Phi) is 5.48. The molecule has 3 rings (SSSR count). The van der Waals surface area contributed by atoms with Gasteiger partial charge in [0.15, 0.2) is 0 Å². The summed E-state index contributed by atoms with van der Waals surface area (Å²) >= 11 is 0. The molecule has 2 heterocycles. The molecule has 1 aromatic rings. The first-order valence-corrected chi connectivity index (χ1v) is 8.97. The maximum absolute atomic E-state index is 13.8. The summed E-state index contributed by atoms with van der Waals surface area (Å²) in [6.45, 7) is 1.25. The number of hydrogen-bond donors (Lipinski definition) is 2. The van der Waals surface area contributed by atoms with Gasteiger partial charge in [0, 0.05) is 24.2 Å².